The zero-order valence-corrected chi connectivity index (χ0v) is 23.4. The fraction of sp³-hybridized carbons (Fsp3) is 0. The van der Waals surface area contributed by atoms with Gasteiger partial charge in [-0.2, -0.15) is 0 Å². The summed E-state index contributed by atoms with van der Waals surface area (Å²) in [4.78, 5) is 0. The second-order valence-electron chi connectivity index (χ2n) is 10.3. The van der Waals surface area contributed by atoms with E-state index in [0.29, 0.717) is 0 Å². The molecule has 0 aliphatic heterocycles. The van der Waals surface area contributed by atoms with Crippen LogP contribution in [0.25, 0.3) is 98.4 Å². The van der Waals surface area contributed by atoms with E-state index in [1.165, 1.54) is 0 Å². The van der Waals surface area contributed by atoms with Crippen molar-refractivity contribution in [1.82, 2.24) is 0 Å². The van der Waals surface area contributed by atoms with E-state index in [9.17, 15) is 12.3 Å². The molecule has 10 aromatic rings. The summed E-state index contributed by atoms with van der Waals surface area (Å²) in [6, 6.07) is -26.6. The van der Waals surface area contributed by atoms with E-state index in [1.54, 1.807) is 0 Å². The molecule has 0 saturated heterocycles. The third-order valence-electron chi connectivity index (χ3n) is 7.87. The van der Waals surface area contributed by atoms with Crippen LogP contribution in [0.4, 0.5) is 0 Å². The van der Waals surface area contributed by atoms with Gasteiger partial charge in [0.05, 0.1) is 38.4 Å². The van der Waals surface area contributed by atoms with Crippen LogP contribution in [0.2, 0.25) is 0 Å². The molecule has 218 valence electrons. The second-order valence-corrected chi connectivity index (χ2v) is 10.3. The van der Waals surface area contributed by atoms with Crippen LogP contribution in [0.3, 0.4) is 0 Å². The Bertz CT molecular complexity index is 4350. The predicted octanol–water partition coefficient (Wildman–Crippen LogP) is 13.2. The molecule has 0 aliphatic rings. The van der Waals surface area contributed by atoms with Gasteiger partial charge in [-0.1, -0.05) is 163 Å². The molecule has 0 radical (unpaired) electrons. The predicted molar refractivity (Wildman–Crippen MR) is 200 cm³/mol. The first kappa shape index (κ1) is 10.7. The average Bonchev–Trinajstić information content (AvgIpc) is 3.78. The number of fused-ring (bicyclic) bond motifs is 8. The molecule has 0 amide bonds. The van der Waals surface area contributed by atoms with E-state index < -0.39 is 268 Å². The number of hydrogen-bond acceptors (Lipinski definition) is 1. The Hall–Kier alpha value is -6.18. The monoisotopic (exact) mass is 624 g/mol. The van der Waals surface area contributed by atoms with Gasteiger partial charge >= 0.3 is 0 Å². The standard InChI is InChI=1S/C46H28O/c1-3-16-31-29(13-1)15-11-24-34(31)43-36-20-7-9-22-38(36)44(39-23-10-8-21-37(39)43)35-19-6-5-18-33(35)40-25-12-26-41-45-32-17-4-2-14-30(32)27-28-42(45)47-46(40)41/h1-28H/i1D,2D,3D,4D,5D,6D,7D,8D,9D,10D,11D,12D,13D,14D,15D,16D,17D,18D,19D,20D,21D,22D,23D,24D,25D,26D,27D,28D. The Kier molecular flexibility index (Phi) is 2.31. The van der Waals surface area contributed by atoms with Gasteiger partial charge in [-0.25, -0.2) is 0 Å². The second kappa shape index (κ2) is 10.2. The Balaban J connectivity index is 1.57. The van der Waals surface area contributed by atoms with Crippen molar-refractivity contribution in [2.45, 2.75) is 0 Å². The van der Waals surface area contributed by atoms with Gasteiger partial charge in [0.2, 0.25) is 0 Å². The van der Waals surface area contributed by atoms with Gasteiger partial charge in [0.25, 0.3) is 0 Å². The zero-order valence-electron chi connectivity index (χ0n) is 51.4. The number of furan rings is 1. The van der Waals surface area contributed by atoms with Crippen molar-refractivity contribution in [3.63, 3.8) is 0 Å². The minimum atomic E-state index is -1.10. The van der Waals surface area contributed by atoms with Gasteiger partial charge in [0.15, 0.2) is 0 Å². The maximum absolute atomic E-state index is 9.66. The Morgan fingerprint density at radius 3 is 1.47 bits per heavy atom. The molecule has 0 saturated carbocycles. The van der Waals surface area contributed by atoms with Gasteiger partial charge in [0.1, 0.15) is 11.2 Å². The molecular weight excluding hydrogens is 569 g/mol. The fourth-order valence-corrected chi connectivity index (χ4v) is 5.97. The highest BCUT2D eigenvalue weighted by Crippen LogP contribution is 2.48. The molecule has 0 fully saturated rings. The lowest BCUT2D eigenvalue weighted by atomic mass is 9.83. The van der Waals surface area contributed by atoms with Crippen LogP contribution >= 0.6 is 0 Å². The Labute approximate surface area is 311 Å². The zero-order chi connectivity index (χ0) is 55.3. The summed E-state index contributed by atoms with van der Waals surface area (Å²) >= 11 is 0. The van der Waals surface area contributed by atoms with Crippen LogP contribution in [0.5, 0.6) is 0 Å². The third-order valence-corrected chi connectivity index (χ3v) is 7.87. The summed E-state index contributed by atoms with van der Waals surface area (Å²) in [5.41, 5.74) is -6.19. The summed E-state index contributed by atoms with van der Waals surface area (Å²) in [5.74, 6) is 0. The molecule has 1 heteroatoms. The number of para-hydroxylation sites is 1. The van der Waals surface area contributed by atoms with Crippen molar-refractivity contribution in [2.75, 3.05) is 0 Å². The van der Waals surface area contributed by atoms with Crippen LogP contribution < -0.4 is 0 Å². The molecule has 0 N–H and O–H groups in total. The summed E-state index contributed by atoms with van der Waals surface area (Å²) < 4.78 is 259. The topological polar surface area (TPSA) is 13.1 Å². The maximum atomic E-state index is 9.66. The van der Waals surface area contributed by atoms with Gasteiger partial charge in [-0.05, 0) is 76.9 Å². The van der Waals surface area contributed by atoms with Crippen molar-refractivity contribution in [2.24, 2.45) is 0 Å². The number of benzene rings is 9. The summed E-state index contributed by atoms with van der Waals surface area (Å²) in [6.07, 6.45) is 0. The number of rotatable bonds is 3. The molecule has 10 rings (SSSR count). The van der Waals surface area contributed by atoms with Crippen LogP contribution in [0, 0.1) is 0 Å². The highest BCUT2D eigenvalue weighted by molar-refractivity contribution is 6.25. The van der Waals surface area contributed by atoms with E-state index in [0.717, 1.165) is 0 Å². The molecule has 1 heterocycles. The van der Waals surface area contributed by atoms with E-state index >= 15 is 0 Å². The molecule has 1 aromatic heterocycles. The third kappa shape index (κ3) is 3.84. The normalized spacial score (nSPS) is 20.2. The lowest BCUT2D eigenvalue weighted by Crippen LogP contribution is -1.93. The minimum Gasteiger partial charge on any atom is -0.455 e. The largest absolute Gasteiger partial charge is 0.455 e. The molecular formula is C46H28O. The van der Waals surface area contributed by atoms with Gasteiger partial charge in [0, 0.05) is 16.3 Å². The molecule has 1 nitrogen and oxygen atoms in total. The quantitative estimate of drug-likeness (QED) is 0.178. The van der Waals surface area contributed by atoms with Crippen molar-refractivity contribution in [3.05, 3.63) is 169 Å². The minimum absolute atomic E-state index is 0.428. The smallest absolute Gasteiger partial charge is 0.143 e. The summed E-state index contributed by atoms with van der Waals surface area (Å²) in [7, 11) is 0. The highest BCUT2D eigenvalue weighted by atomic mass is 16.3. The Morgan fingerprint density at radius 1 is 0.319 bits per heavy atom. The van der Waals surface area contributed by atoms with Gasteiger partial charge in [-0.15, -0.1) is 0 Å². The van der Waals surface area contributed by atoms with Crippen molar-refractivity contribution < 1.29 is 42.8 Å². The fourth-order valence-electron chi connectivity index (χ4n) is 5.97. The van der Waals surface area contributed by atoms with Crippen molar-refractivity contribution in [1.29, 1.82) is 0 Å². The molecule has 0 spiro atoms. The SMILES string of the molecule is [2H]c1c([2H])c([2H])c(-c2c3c([2H])c([2H])c([2H])c([2H])c3c(-c3c([2H])c([2H])c([2H])c4c([2H])c([2H])c([2H])c([2H])c34)c3c([2H])c([2H])c([2H])c([2H])c23)c(-c2c([2H])c([2H])c([2H])c3c2oc2c([2H])c([2H])c4c([2H])c([2H])c([2H])c([2H])c4c23)c1[2H]. The lowest BCUT2D eigenvalue weighted by molar-refractivity contribution is 0.670. The first-order chi connectivity index (χ1) is 35.0. The average molecular weight is 625 g/mol. The first-order valence-electron chi connectivity index (χ1n) is 27.9. The van der Waals surface area contributed by atoms with Crippen LogP contribution in [-0.4, -0.2) is 0 Å². The first-order valence-corrected chi connectivity index (χ1v) is 13.9. The van der Waals surface area contributed by atoms with Crippen LogP contribution in [0.15, 0.2) is 174 Å². The van der Waals surface area contributed by atoms with E-state index in [1.807, 2.05) is 0 Å². The molecule has 0 aliphatic carbocycles. The van der Waals surface area contributed by atoms with Crippen molar-refractivity contribution in [3.8, 4) is 33.4 Å². The summed E-state index contributed by atoms with van der Waals surface area (Å²) in [6.45, 7) is 0. The molecule has 47 heavy (non-hydrogen) atoms. The van der Waals surface area contributed by atoms with E-state index in [2.05, 4.69) is 0 Å². The number of hydrogen-bond donors (Lipinski definition) is 0. The van der Waals surface area contributed by atoms with E-state index in [-0.39, 0.29) is 0 Å². The lowest BCUT2D eigenvalue weighted by Gasteiger charge is -2.20. The van der Waals surface area contributed by atoms with E-state index in [4.69, 9.17) is 30.5 Å². The van der Waals surface area contributed by atoms with Crippen LogP contribution in [0.1, 0.15) is 38.4 Å². The molecule has 0 unspecified atom stereocenters. The van der Waals surface area contributed by atoms with Gasteiger partial charge < -0.3 is 4.42 Å². The molecule has 9 aromatic carbocycles. The van der Waals surface area contributed by atoms with Crippen LogP contribution in [-0.2, 0) is 0 Å². The molecule has 0 bridgehead atoms. The van der Waals surface area contributed by atoms with Crippen molar-refractivity contribution >= 4 is 65.0 Å². The highest BCUT2D eigenvalue weighted by Gasteiger charge is 2.21. The maximum Gasteiger partial charge on any atom is 0.143 e. The Morgan fingerprint density at radius 2 is 0.766 bits per heavy atom. The summed E-state index contributed by atoms with van der Waals surface area (Å²) in [5, 5.41) is -6.42. The molecule has 0 atom stereocenters. The van der Waals surface area contributed by atoms with Gasteiger partial charge in [-0.3, -0.25) is 0 Å².